The van der Waals surface area contributed by atoms with Crippen molar-refractivity contribution in [2.45, 2.75) is 37.1 Å². The molecule has 5 heteroatoms. The Hall–Kier alpha value is -1.73. The summed E-state index contributed by atoms with van der Waals surface area (Å²) in [6, 6.07) is 7.63. The Balaban J connectivity index is 1.68. The van der Waals surface area contributed by atoms with E-state index >= 15 is 0 Å². The molecule has 0 radical (unpaired) electrons. The van der Waals surface area contributed by atoms with E-state index in [2.05, 4.69) is 11.5 Å². The molecule has 1 amide bonds. The van der Waals surface area contributed by atoms with Crippen LogP contribution in [-0.2, 0) is 10.2 Å². The Bertz CT molecular complexity index is 574. The Morgan fingerprint density at radius 2 is 2.10 bits per heavy atom. The number of carbonyl (C=O) groups excluding carboxylic acids is 1. The van der Waals surface area contributed by atoms with E-state index < -0.39 is 0 Å². The number of likely N-dealkylation sites (tertiary alicyclic amines) is 1. The molecule has 0 unspecified atom stereocenters. The molecule has 1 aromatic carbocycles. The molecule has 1 saturated heterocycles. The first-order valence-electron chi connectivity index (χ1n) is 7.36. The summed E-state index contributed by atoms with van der Waals surface area (Å²) < 4.78 is 0. The molecule has 21 heavy (non-hydrogen) atoms. The monoisotopic (exact) mass is 303 g/mol. The molecule has 3 rings (SSSR count). The number of carbonyl (C=O) groups is 1. The molecule has 1 aliphatic carbocycles. The van der Waals surface area contributed by atoms with Crippen molar-refractivity contribution < 1.29 is 4.79 Å². The second-order valence-corrected chi connectivity index (χ2v) is 6.38. The molecule has 0 aromatic heterocycles. The molecule has 0 spiro atoms. The normalized spacial score (nSPS) is 23.2. The second-order valence-electron chi connectivity index (χ2n) is 5.95. The maximum Gasteiger partial charge on any atom is 0.230 e. The summed E-state index contributed by atoms with van der Waals surface area (Å²) in [6.07, 6.45) is 5.83. The first kappa shape index (κ1) is 14.2. The average molecular weight is 304 g/mol. The third kappa shape index (κ3) is 2.84. The van der Waals surface area contributed by atoms with Gasteiger partial charge in [0.15, 0.2) is 6.19 Å². The molecule has 1 aromatic rings. The first-order valence-corrected chi connectivity index (χ1v) is 7.73. The van der Waals surface area contributed by atoms with Gasteiger partial charge in [0.2, 0.25) is 5.91 Å². The van der Waals surface area contributed by atoms with Gasteiger partial charge in [-0.2, -0.15) is 5.26 Å². The lowest BCUT2D eigenvalue weighted by Crippen LogP contribution is -2.49. The number of hydrogen-bond acceptors (Lipinski definition) is 3. The van der Waals surface area contributed by atoms with Gasteiger partial charge in [-0.05, 0) is 43.4 Å². The third-order valence-electron chi connectivity index (χ3n) is 4.48. The van der Waals surface area contributed by atoms with Crippen molar-refractivity contribution in [3.63, 3.8) is 0 Å². The van der Waals surface area contributed by atoms with E-state index in [4.69, 9.17) is 16.9 Å². The van der Waals surface area contributed by atoms with Crippen LogP contribution < -0.4 is 5.32 Å². The molecular weight excluding hydrogens is 286 g/mol. The molecule has 1 atom stereocenters. The van der Waals surface area contributed by atoms with Crippen molar-refractivity contribution in [3.05, 3.63) is 34.9 Å². The number of rotatable bonds is 3. The van der Waals surface area contributed by atoms with Crippen LogP contribution in [0.15, 0.2) is 24.3 Å². The molecule has 2 aliphatic rings. The summed E-state index contributed by atoms with van der Waals surface area (Å²) >= 11 is 5.91. The van der Waals surface area contributed by atoms with Gasteiger partial charge in [-0.25, -0.2) is 0 Å². The van der Waals surface area contributed by atoms with Gasteiger partial charge >= 0.3 is 0 Å². The van der Waals surface area contributed by atoms with Crippen LogP contribution in [0.25, 0.3) is 0 Å². The van der Waals surface area contributed by atoms with Crippen molar-refractivity contribution in [2.24, 2.45) is 0 Å². The highest BCUT2D eigenvalue weighted by atomic mass is 35.5. The second kappa shape index (κ2) is 5.57. The van der Waals surface area contributed by atoms with Crippen LogP contribution in [0.2, 0.25) is 5.02 Å². The lowest BCUT2D eigenvalue weighted by atomic mass is 9.94. The van der Waals surface area contributed by atoms with Crippen LogP contribution in [0.5, 0.6) is 0 Å². The summed E-state index contributed by atoms with van der Waals surface area (Å²) in [4.78, 5) is 14.3. The van der Waals surface area contributed by atoms with Gasteiger partial charge in [0.25, 0.3) is 0 Å². The Morgan fingerprint density at radius 1 is 1.38 bits per heavy atom. The lowest BCUT2D eigenvalue weighted by molar-refractivity contribution is -0.124. The minimum Gasteiger partial charge on any atom is -0.351 e. The van der Waals surface area contributed by atoms with Gasteiger partial charge < -0.3 is 10.2 Å². The quantitative estimate of drug-likeness (QED) is 0.873. The molecule has 110 valence electrons. The molecule has 1 aliphatic heterocycles. The zero-order valence-corrected chi connectivity index (χ0v) is 12.6. The molecule has 1 saturated carbocycles. The van der Waals surface area contributed by atoms with Crippen LogP contribution in [0.4, 0.5) is 0 Å². The van der Waals surface area contributed by atoms with Gasteiger partial charge in [-0.3, -0.25) is 4.79 Å². The van der Waals surface area contributed by atoms with Crippen LogP contribution in [0, 0.1) is 11.5 Å². The molecule has 0 bridgehead atoms. The van der Waals surface area contributed by atoms with Gasteiger partial charge in [-0.1, -0.05) is 23.7 Å². The topological polar surface area (TPSA) is 56.1 Å². The smallest absolute Gasteiger partial charge is 0.230 e. The standard InChI is InChI=1S/C16H18ClN3O/c17-13-5-3-12(4-6-13)16(7-8-16)15(21)19-14-2-1-9-20(10-14)11-18/h3-6,14H,1-2,7-10H2,(H,19,21)/t14-/m1/s1. The maximum atomic E-state index is 12.6. The number of piperidine rings is 1. The number of nitriles is 1. The van der Waals surface area contributed by atoms with Gasteiger partial charge in [0.1, 0.15) is 0 Å². The number of benzene rings is 1. The Morgan fingerprint density at radius 3 is 2.71 bits per heavy atom. The summed E-state index contributed by atoms with van der Waals surface area (Å²) in [5, 5.41) is 12.8. The molecular formula is C16H18ClN3O. The van der Waals surface area contributed by atoms with E-state index in [0.29, 0.717) is 11.6 Å². The number of halogens is 1. The average Bonchev–Trinajstić information content (AvgIpc) is 3.30. The minimum atomic E-state index is -0.375. The SMILES string of the molecule is N#CN1CCC[C@@H](NC(=O)C2(c3ccc(Cl)cc3)CC2)C1. The fraction of sp³-hybridized carbons (Fsp3) is 0.500. The van der Waals surface area contributed by atoms with Crippen LogP contribution in [0.1, 0.15) is 31.2 Å². The zero-order chi connectivity index (χ0) is 14.9. The van der Waals surface area contributed by atoms with E-state index in [-0.39, 0.29) is 17.4 Å². The fourth-order valence-electron chi connectivity index (χ4n) is 3.05. The lowest BCUT2D eigenvalue weighted by Gasteiger charge is -2.30. The van der Waals surface area contributed by atoms with Gasteiger partial charge in [0, 0.05) is 24.2 Å². The number of nitrogens with zero attached hydrogens (tertiary/aromatic N) is 2. The third-order valence-corrected chi connectivity index (χ3v) is 4.73. The number of hydrogen-bond donors (Lipinski definition) is 1. The maximum absolute atomic E-state index is 12.6. The number of amides is 1. The molecule has 4 nitrogen and oxygen atoms in total. The molecule has 2 fully saturated rings. The van der Waals surface area contributed by atoms with Crippen molar-refractivity contribution in [1.82, 2.24) is 10.2 Å². The largest absolute Gasteiger partial charge is 0.351 e. The van der Waals surface area contributed by atoms with E-state index in [1.54, 1.807) is 4.90 Å². The van der Waals surface area contributed by atoms with Crippen LogP contribution >= 0.6 is 11.6 Å². The molecule has 1 N–H and O–H groups in total. The highest BCUT2D eigenvalue weighted by Gasteiger charge is 2.51. The number of nitrogens with one attached hydrogen (secondary N) is 1. The van der Waals surface area contributed by atoms with Crippen molar-refractivity contribution in [1.29, 1.82) is 5.26 Å². The summed E-state index contributed by atoms with van der Waals surface area (Å²) in [5.41, 5.74) is 0.664. The van der Waals surface area contributed by atoms with E-state index in [0.717, 1.165) is 37.8 Å². The fourth-order valence-corrected chi connectivity index (χ4v) is 3.18. The van der Waals surface area contributed by atoms with Crippen molar-refractivity contribution in [2.75, 3.05) is 13.1 Å². The Kier molecular flexibility index (Phi) is 3.77. The van der Waals surface area contributed by atoms with Crippen LogP contribution in [-0.4, -0.2) is 29.9 Å². The predicted octanol–water partition coefficient (Wildman–Crippen LogP) is 2.43. The van der Waals surface area contributed by atoms with Crippen molar-refractivity contribution in [3.8, 4) is 6.19 Å². The highest BCUT2D eigenvalue weighted by molar-refractivity contribution is 6.30. The summed E-state index contributed by atoms with van der Waals surface area (Å²) in [6.45, 7) is 1.42. The first-order chi connectivity index (χ1) is 10.1. The Labute approximate surface area is 129 Å². The molecule has 1 heterocycles. The minimum absolute atomic E-state index is 0.0793. The summed E-state index contributed by atoms with van der Waals surface area (Å²) in [5.74, 6) is 0.0922. The van der Waals surface area contributed by atoms with Gasteiger partial charge in [-0.15, -0.1) is 0 Å². The predicted molar refractivity (Wildman–Crippen MR) is 80.7 cm³/mol. The van der Waals surface area contributed by atoms with Gasteiger partial charge in [0.05, 0.1) is 5.41 Å². The van der Waals surface area contributed by atoms with E-state index in [1.165, 1.54) is 0 Å². The van der Waals surface area contributed by atoms with Crippen molar-refractivity contribution >= 4 is 17.5 Å². The zero-order valence-electron chi connectivity index (χ0n) is 11.8. The van der Waals surface area contributed by atoms with E-state index in [9.17, 15) is 4.79 Å². The van der Waals surface area contributed by atoms with Crippen LogP contribution in [0.3, 0.4) is 0 Å². The summed E-state index contributed by atoms with van der Waals surface area (Å²) in [7, 11) is 0. The van der Waals surface area contributed by atoms with E-state index in [1.807, 2.05) is 24.3 Å². The highest BCUT2D eigenvalue weighted by Crippen LogP contribution is 2.48.